The number of thiazole rings is 1. The van der Waals surface area contributed by atoms with Crippen LogP contribution in [0.3, 0.4) is 0 Å². The number of hydrogen-bond donors (Lipinski definition) is 0. The smallest absolute Gasteiger partial charge is 0.231 e. The molecule has 132 valence electrons. The Balaban J connectivity index is 1.61. The standard InChI is InChI=1S/C19H23N3OS2/c1-3-8-22-9-6-19(18(22)23)13-21(11-15-5-4-14(2)25-15)12-16(19)17-20-7-10-24-17/h3-5,7,10,16H,1,6,8-9,11-13H2,2H3/t16-,19-/m0/s1. The number of likely N-dealkylation sites (tertiary alicyclic amines) is 2. The number of amides is 1. The summed E-state index contributed by atoms with van der Waals surface area (Å²) in [4.78, 5) is 25.0. The highest BCUT2D eigenvalue weighted by Crippen LogP contribution is 2.50. The van der Waals surface area contributed by atoms with Crippen molar-refractivity contribution in [1.29, 1.82) is 0 Å². The highest BCUT2D eigenvalue weighted by molar-refractivity contribution is 7.11. The van der Waals surface area contributed by atoms with Crippen LogP contribution in [0, 0.1) is 12.3 Å². The first-order valence-corrected chi connectivity index (χ1v) is 10.4. The summed E-state index contributed by atoms with van der Waals surface area (Å²) in [5.74, 6) is 0.494. The molecule has 0 aromatic carbocycles. The van der Waals surface area contributed by atoms with Crippen LogP contribution in [-0.4, -0.2) is 46.9 Å². The molecule has 4 nitrogen and oxygen atoms in total. The fraction of sp³-hybridized carbons (Fsp3) is 0.474. The molecule has 2 aromatic rings. The third-order valence-electron chi connectivity index (χ3n) is 5.43. The molecule has 0 N–H and O–H groups in total. The number of carbonyl (C=O) groups is 1. The van der Waals surface area contributed by atoms with E-state index in [-0.39, 0.29) is 17.2 Å². The van der Waals surface area contributed by atoms with E-state index in [0.29, 0.717) is 6.54 Å². The minimum Gasteiger partial charge on any atom is -0.338 e. The van der Waals surface area contributed by atoms with Gasteiger partial charge in [0.2, 0.25) is 5.91 Å². The monoisotopic (exact) mass is 373 g/mol. The molecular formula is C19H23N3OS2. The predicted molar refractivity (Wildman–Crippen MR) is 103 cm³/mol. The highest BCUT2D eigenvalue weighted by atomic mass is 32.1. The summed E-state index contributed by atoms with van der Waals surface area (Å²) in [6.07, 6.45) is 4.61. The number of aromatic nitrogens is 1. The molecule has 0 aliphatic carbocycles. The third-order valence-corrected chi connectivity index (χ3v) is 7.30. The molecule has 2 aliphatic heterocycles. The van der Waals surface area contributed by atoms with Crippen LogP contribution in [0.4, 0.5) is 0 Å². The molecule has 0 saturated carbocycles. The Hall–Kier alpha value is -1.50. The van der Waals surface area contributed by atoms with Crippen LogP contribution in [0.1, 0.15) is 27.1 Å². The van der Waals surface area contributed by atoms with Crippen LogP contribution in [-0.2, 0) is 11.3 Å². The molecule has 2 aliphatic rings. The Morgan fingerprint density at radius 3 is 3.04 bits per heavy atom. The first-order chi connectivity index (χ1) is 12.1. The lowest BCUT2D eigenvalue weighted by molar-refractivity contribution is -0.135. The second-order valence-corrected chi connectivity index (χ2v) is 9.35. The molecule has 2 saturated heterocycles. The van der Waals surface area contributed by atoms with Crippen molar-refractivity contribution in [3.05, 3.63) is 51.1 Å². The van der Waals surface area contributed by atoms with Gasteiger partial charge in [0.05, 0.1) is 10.4 Å². The van der Waals surface area contributed by atoms with Crippen molar-refractivity contribution in [2.75, 3.05) is 26.2 Å². The molecule has 4 heterocycles. The van der Waals surface area contributed by atoms with Gasteiger partial charge in [-0.1, -0.05) is 6.08 Å². The van der Waals surface area contributed by atoms with Crippen molar-refractivity contribution in [2.24, 2.45) is 5.41 Å². The van der Waals surface area contributed by atoms with Crippen molar-refractivity contribution in [2.45, 2.75) is 25.8 Å². The summed E-state index contributed by atoms with van der Waals surface area (Å²) >= 11 is 3.53. The summed E-state index contributed by atoms with van der Waals surface area (Å²) in [6.45, 7) is 10.1. The molecule has 1 spiro atoms. The topological polar surface area (TPSA) is 36.4 Å². The number of nitrogens with zero attached hydrogens (tertiary/aromatic N) is 3. The van der Waals surface area contributed by atoms with Gasteiger partial charge in [0.1, 0.15) is 0 Å². The van der Waals surface area contributed by atoms with Crippen molar-refractivity contribution in [3.63, 3.8) is 0 Å². The van der Waals surface area contributed by atoms with Gasteiger partial charge in [0, 0.05) is 60.0 Å². The van der Waals surface area contributed by atoms with Crippen molar-refractivity contribution >= 4 is 28.6 Å². The summed E-state index contributed by atoms with van der Waals surface area (Å²) in [7, 11) is 0. The van der Waals surface area contributed by atoms with Crippen molar-refractivity contribution < 1.29 is 4.79 Å². The van der Waals surface area contributed by atoms with E-state index in [1.807, 2.05) is 33.9 Å². The first-order valence-electron chi connectivity index (χ1n) is 8.70. The summed E-state index contributed by atoms with van der Waals surface area (Å²) in [5, 5.41) is 3.13. The number of rotatable bonds is 5. The molecule has 2 fully saturated rings. The van der Waals surface area contributed by atoms with Crippen LogP contribution in [0.2, 0.25) is 0 Å². The fourth-order valence-electron chi connectivity index (χ4n) is 4.30. The van der Waals surface area contributed by atoms with Gasteiger partial charge in [-0.2, -0.15) is 0 Å². The number of hydrogen-bond acceptors (Lipinski definition) is 5. The Bertz CT molecular complexity index is 769. The third kappa shape index (κ3) is 2.96. The Kier molecular flexibility index (Phi) is 4.52. The normalized spacial score (nSPS) is 26.8. The van der Waals surface area contributed by atoms with E-state index >= 15 is 0 Å². The summed E-state index contributed by atoms with van der Waals surface area (Å²) < 4.78 is 0. The van der Waals surface area contributed by atoms with E-state index in [1.165, 1.54) is 9.75 Å². The van der Waals surface area contributed by atoms with Gasteiger partial charge in [0.25, 0.3) is 0 Å². The fourth-order valence-corrected chi connectivity index (χ4v) is 6.08. The van der Waals surface area contributed by atoms with E-state index in [2.05, 4.69) is 35.5 Å². The molecule has 0 radical (unpaired) electrons. The second-order valence-electron chi connectivity index (χ2n) is 7.05. The Morgan fingerprint density at radius 2 is 2.36 bits per heavy atom. The van der Waals surface area contributed by atoms with Crippen LogP contribution in [0.25, 0.3) is 0 Å². The van der Waals surface area contributed by atoms with Crippen molar-refractivity contribution in [1.82, 2.24) is 14.8 Å². The van der Waals surface area contributed by atoms with Gasteiger partial charge in [-0.15, -0.1) is 29.3 Å². The van der Waals surface area contributed by atoms with E-state index in [0.717, 1.165) is 37.6 Å². The van der Waals surface area contributed by atoms with Crippen LogP contribution < -0.4 is 0 Å². The maximum absolute atomic E-state index is 13.3. The van der Waals surface area contributed by atoms with Crippen LogP contribution >= 0.6 is 22.7 Å². The van der Waals surface area contributed by atoms with Crippen LogP contribution in [0.5, 0.6) is 0 Å². The summed E-state index contributed by atoms with van der Waals surface area (Å²) in [5.41, 5.74) is -0.312. The minimum absolute atomic E-state index is 0.205. The van der Waals surface area contributed by atoms with Gasteiger partial charge >= 0.3 is 0 Å². The molecule has 2 aromatic heterocycles. The molecular weight excluding hydrogens is 350 g/mol. The summed E-state index contributed by atoms with van der Waals surface area (Å²) in [6, 6.07) is 4.39. The second kappa shape index (κ2) is 6.67. The lowest BCUT2D eigenvalue weighted by Crippen LogP contribution is -2.39. The largest absolute Gasteiger partial charge is 0.338 e. The van der Waals surface area contributed by atoms with Gasteiger partial charge < -0.3 is 4.90 Å². The Labute approximate surface area is 156 Å². The predicted octanol–water partition coefficient (Wildman–Crippen LogP) is 3.52. The number of thiophene rings is 1. The molecule has 0 bridgehead atoms. The zero-order valence-corrected chi connectivity index (χ0v) is 16.1. The van der Waals surface area contributed by atoms with Crippen molar-refractivity contribution in [3.8, 4) is 0 Å². The van der Waals surface area contributed by atoms with Gasteiger partial charge in [-0.3, -0.25) is 9.69 Å². The number of carbonyl (C=O) groups excluding carboxylic acids is 1. The van der Waals surface area contributed by atoms with Gasteiger partial charge in [-0.25, -0.2) is 4.98 Å². The van der Waals surface area contributed by atoms with E-state index in [9.17, 15) is 4.79 Å². The lowest BCUT2D eigenvalue weighted by atomic mass is 9.77. The Morgan fingerprint density at radius 1 is 1.48 bits per heavy atom. The zero-order valence-electron chi connectivity index (χ0n) is 14.5. The van der Waals surface area contributed by atoms with Crippen LogP contribution in [0.15, 0.2) is 36.4 Å². The average molecular weight is 374 g/mol. The minimum atomic E-state index is -0.312. The quantitative estimate of drug-likeness (QED) is 0.753. The molecule has 0 unspecified atom stereocenters. The molecule has 2 atom stereocenters. The zero-order chi connectivity index (χ0) is 17.4. The SMILES string of the molecule is C=CCN1CC[C@@]2(CN(Cc3ccc(C)s3)C[C@H]2c2nccs2)C1=O. The van der Waals surface area contributed by atoms with Gasteiger partial charge in [0.15, 0.2) is 0 Å². The van der Waals surface area contributed by atoms with Gasteiger partial charge in [-0.05, 0) is 25.5 Å². The maximum atomic E-state index is 13.3. The highest BCUT2D eigenvalue weighted by Gasteiger charge is 2.57. The number of aryl methyl sites for hydroxylation is 1. The van der Waals surface area contributed by atoms with E-state index in [1.54, 1.807) is 11.3 Å². The molecule has 1 amide bonds. The van der Waals surface area contributed by atoms with E-state index in [4.69, 9.17) is 0 Å². The molecule has 4 rings (SSSR count). The first kappa shape index (κ1) is 16.9. The average Bonchev–Trinajstić information content (AvgIpc) is 3.35. The molecule has 25 heavy (non-hydrogen) atoms. The lowest BCUT2D eigenvalue weighted by Gasteiger charge is -2.27. The van der Waals surface area contributed by atoms with E-state index < -0.39 is 0 Å². The molecule has 6 heteroatoms. The maximum Gasteiger partial charge on any atom is 0.231 e.